The molecule has 0 bridgehead atoms. The highest BCUT2D eigenvalue weighted by Gasteiger charge is 2.41. The topological polar surface area (TPSA) is 88.6 Å². The molecule has 2 N–H and O–H groups in total. The maximum absolute atomic E-state index is 13.5. The van der Waals surface area contributed by atoms with Crippen LogP contribution in [0.15, 0.2) is 60.7 Å². The van der Waals surface area contributed by atoms with Gasteiger partial charge in [0.05, 0.1) is 18.6 Å². The third-order valence-corrected chi connectivity index (χ3v) is 6.68. The molecule has 2 aromatic carbocycles. The number of carbonyl (C=O) groups excluding carboxylic acids is 1. The van der Waals surface area contributed by atoms with E-state index >= 15 is 0 Å². The molecule has 8 nitrogen and oxygen atoms in total. The molecule has 1 amide bonds. The van der Waals surface area contributed by atoms with E-state index in [4.69, 9.17) is 9.47 Å². The van der Waals surface area contributed by atoms with E-state index in [0.29, 0.717) is 45.1 Å². The summed E-state index contributed by atoms with van der Waals surface area (Å²) in [6, 6.07) is 19.7. The van der Waals surface area contributed by atoms with E-state index in [-0.39, 0.29) is 5.91 Å². The van der Waals surface area contributed by atoms with Crippen molar-refractivity contribution in [1.82, 2.24) is 9.97 Å². The molecule has 3 aromatic rings. The number of aromatic nitrogens is 2. The second-order valence-corrected chi connectivity index (χ2v) is 8.97. The molecule has 2 aliphatic rings. The highest BCUT2D eigenvalue weighted by molar-refractivity contribution is 5.99. The number of nitrogens with zero attached hydrogens (tertiary/aromatic N) is 3. The maximum atomic E-state index is 13.5. The van der Waals surface area contributed by atoms with Crippen LogP contribution in [0.25, 0.3) is 0 Å². The van der Waals surface area contributed by atoms with E-state index in [1.165, 1.54) is 0 Å². The molecule has 0 radical (unpaired) electrons. The lowest BCUT2D eigenvalue weighted by molar-refractivity contribution is -0.125. The van der Waals surface area contributed by atoms with Crippen LogP contribution in [0.4, 0.5) is 23.0 Å². The zero-order valence-corrected chi connectivity index (χ0v) is 20.0. The molecule has 3 heterocycles. The number of amides is 1. The Morgan fingerprint density at radius 2 is 1.54 bits per heavy atom. The van der Waals surface area contributed by atoms with Gasteiger partial charge >= 0.3 is 0 Å². The van der Waals surface area contributed by atoms with Crippen LogP contribution in [0, 0.1) is 6.92 Å². The standard InChI is InChI=1S/C27H31N5O3/c1-20-28-24(19-25(29-20)32-13-17-35-18-14-32)30-22-7-9-23(10-8-22)31-26(33)27(11-15-34-16-12-27)21-5-3-2-4-6-21/h2-10,19H,11-18H2,1H3,(H,31,33)(H,28,29,30). The fourth-order valence-corrected chi connectivity index (χ4v) is 4.73. The summed E-state index contributed by atoms with van der Waals surface area (Å²) < 4.78 is 11.0. The first-order chi connectivity index (χ1) is 17.1. The summed E-state index contributed by atoms with van der Waals surface area (Å²) in [5.74, 6) is 2.35. The molecule has 35 heavy (non-hydrogen) atoms. The monoisotopic (exact) mass is 473 g/mol. The second-order valence-electron chi connectivity index (χ2n) is 8.97. The van der Waals surface area contributed by atoms with Gasteiger partial charge in [-0.3, -0.25) is 4.79 Å². The summed E-state index contributed by atoms with van der Waals surface area (Å²) in [5.41, 5.74) is 2.10. The first kappa shape index (κ1) is 23.3. The van der Waals surface area contributed by atoms with Gasteiger partial charge < -0.3 is 25.0 Å². The average Bonchev–Trinajstić information content (AvgIpc) is 2.91. The second kappa shape index (κ2) is 10.4. The molecule has 182 valence electrons. The highest BCUT2D eigenvalue weighted by Crippen LogP contribution is 2.36. The molecule has 0 aliphatic carbocycles. The van der Waals surface area contributed by atoms with Gasteiger partial charge in [-0.25, -0.2) is 9.97 Å². The van der Waals surface area contributed by atoms with Gasteiger partial charge in [0.15, 0.2) is 0 Å². The van der Waals surface area contributed by atoms with Gasteiger partial charge in [0.2, 0.25) is 5.91 Å². The van der Waals surface area contributed by atoms with E-state index in [2.05, 4.69) is 25.5 Å². The Balaban J connectivity index is 1.29. The number of rotatable bonds is 6. The van der Waals surface area contributed by atoms with Crippen molar-refractivity contribution in [1.29, 1.82) is 0 Å². The van der Waals surface area contributed by atoms with Crippen molar-refractivity contribution in [2.75, 3.05) is 55.1 Å². The zero-order valence-electron chi connectivity index (χ0n) is 20.0. The van der Waals surface area contributed by atoms with Gasteiger partial charge in [-0.05, 0) is 49.6 Å². The van der Waals surface area contributed by atoms with Gasteiger partial charge in [0.1, 0.15) is 17.5 Å². The molecule has 5 rings (SSSR count). The number of ether oxygens (including phenoxy) is 2. The molecule has 0 unspecified atom stereocenters. The summed E-state index contributed by atoms with van der Waals surface area (Å²) in [5, 5.41) is 6.50. The van der Waals surface area contributed by atoms with E-state index in [1.807, 2.05) is 67.6 Å². The van der Waals surface area contributed by atoms with Crippen LogP contribution in [0.3, 0.4) is 0 Å². The molecule has 2 aliphatic heterocycles. The SMILES string of the molecule is Cc1nc(Nc2ccc(NC(=O)C3(c4ccccc4)CCOCC3)cc2)cc(N2CCOCC2)n1. The molecule has 0 saturated carbocycles. The highest BCUT2D eigenvalue weighted by atomic mass is 16.5. The van der Waals surface area contributed by atoms with Crippen LogP contribution in [0.5, 0.6) is 0 Å². The van der Waals surface area contributed by atoms with Crippen LogP contribution in [-0.4, -0.2) is 55.4 Å². The smallest absolute Gasteiger partial charge is 0.235 e. The number of carbonyl (C=O) groups is 1. The van der Waals surface area contributed by atoms with Crippen molar-refractivity contribution < 1.29 is 14.3 Å². The molecule has 2 fully saturated rings. The fourth-order valence-electron chi connectivity index (χ4n) is 4.73. The number of aryl methyl sites for hydroxylation is 1. The number of anilines is 4. The quantitative estimate of drug-likeness (QED) is 0.558. The Morgan fingerprint density at radius 3 is 2.26 bits per heavy atom. The molecule has 0 spiro atoms. The van der Waals surface area contributed by atoms with Crippen molar-refractivity contribution in [2.24, 2.45) is 0 Å². The lowest BCUT2D eigenvalue weighted by atomic mass is 9.73. The first-order valence-electron chi connectivity index (χ1n) is 12.1. The minimum atomic E-state index is -0.579. The molecule has 8 heteroatoms. The first-order valence-corrected chi connectivity index (χ1v) is 12.1. The fraction of sp³-hybridized carbons (Fsp3) is 0.370. The van der Waals surface area contributed by atoms with E-state index < -0.39 is 5.41 Å². The van der Waals surface area contributed by atoms with Gasteiger partial charge in [0, 0.05) is 43.7 Å². The van der Waals surface area contributed by atoms with Crippen molar-refractivity contribution in [3.8, 4) is 0 Å². The number of nitrogens with one attached hydrogen (secondary N) is 2. The van der Waals surface area contributed by atoms with Crippen molar-refractivity contribution in [3.05, 3.63) is 72.1 Å². The zero-order chi connectivity index (χ0) is 24.1. The minimum Gasteiger partial charge on any atom is -0.381 e. The minimum absolute atomic E-state index is 0.00860. The summed E-state index contributed by atoms with van der Waals surface area (Å²) in [4.78, 5) is 24.8. The summed E-state index contributed by atoms with van der Waals surface area (Å²) in [6.07, 6.45) is 1.34. The van der Waals surface area contributed by atoms with Crippen LogP contribution in [0.1, 0.15) is 24.2 Å². The third kappa shape index (κ3) is 5.28. The summed E-state index contributed by atoms with van der Waals surface area (Å²) >= 11 is 0. The van der Waals surface area contributed by atoms with E-state index in [9.17, 15) is 4.79 Å². The molecular formula is C27H31N5O3. The van der Waals surface area contributed by atoms with Crippen LogP contribution in [0.2, 0.25) is 0 Å². The van der Waals surface area contributed by atoms with Crippen molar-refractivity contribution in [3.63, 3.8) is 0 Å². The Labute approximate surface area is 205 Å². The van der Waals surface area contributed by atoms with Gasteiger partial charge in [-0.2, -0.15) is 0 Å². The van der Waals surface area contributed by atoms with Gasteiger partial charge in [-0.1, -0.05) is 30.3 Å². The Kier molecular flexibility index (Phi) is 6.92. The molecule has 0 atom stereocenters. The van der Waals surface area contributed by atoms with E-state index in [1.54, 1.807) is 0 Å². The van der Waals surface area contributed by atoms with Crippen molar-refractivity contribution in [2.45, 2.75) is 25.2 Å². The normalized spacial score (nSPS) is 17.6. The lowest BCUT2D eigenvalue weighted by Gasteiger charge is -2.36. The van der Waals surface area contributed by atoms with Crippen LogP contribution in [-0.2, 0) is 19.7 Å². The number of hydrogen-bond acceptors (Lipinski definition) is 7. The average molecular weight is 474 g/mol. The van der Waals surface area contributed by atoms with Gasteiger partial charge in [-0.15, -0.1) is 0 Å². The molecule has 2 saturated heterocycles. The summed E-state index contributed by atoms with van der Waals surface area (Å²) in [6.45, 7) is 6.11. The maximum Gasteiger partial charge on any atom is 0.235 e. The largest absolute Gasteiger partial charge is 0.381 e. The predicted octanol–water partition coefficient (Wildman–Crippen LogP) is 4.05. The van der Waals surface area contributed by atoms with E-state index in [0.717, 1.165) is 41.7 Å². The predicted molar refractivity (Wildman–Crippen MR) is 136 cm³/mol. The number of hydrogen-bond donors (Lipinski definition) is 2. The van der Waals surface area contributed by atoms with Gasteiger partial charge in [0.25, 0.3) is 0 Å². The molecular weight excluding hydrogens is 442 g/mol. The number of morpholine rings is 1. The summed E-state index contributed by atoms with van der Waals surface area (Å²) in [7, 11) is 0. The lowest BCUT2D eigenvalue weighted by Crippen LogP contribution is -2.44. The Hall–Kier alpha value is -3.49. The van der Waals surface area contributed by atoms with Crippen LogP contribution < -0.4 is 15.5 Å². The Morgan fingerprint density at radius 1 is 0.886 bits per heavy atom. The molecule has 1 aromatic heterocycles. The van der Waals surface area contributed by atoms with Crippen LogP contribution >= 0.6 is 0 Å². The Bertz CT molecular complexity index is 1140. The van der Waals surface area contributed by atoms with Crippen molar-refractivity contribution >= 4 is 28.9 Å². The third-order valence-electron chi connectivity index (χ3n) is 6.68. The number of benzene rings is 2.